The van der Waals surface area contributed by atoms with Crippen LogP contribution < -0.4 is 15.4 Å². The average molecular weight is 274 g/mol. The maximum Gasteiger partial charge on any atom is 0.144 e. The monoisotopic (exact) mass is 274 g/mol. The Balaban J connectivity index is 1.89. The molecule has 3 rings (SSSR count). The number of para-hydroxylation sites is 1. The summed E-state index contributed by atoms with van der Waals surface area (Å²) in [6.45, 7) is 3.81. The van der Waals surface area contributed by atoms with Crippen LogP contribution in [0.25, 0.3) is 0 Å². The van der Waals surface area contributed by atoms with E-state index in [1.54, 1.807) is 0 Å². The predicted octanol–water partition coefficient (Wildman–Crippen LogP) is 3.83. The molecule has 0 unspecified atom stereocenters. The molecule has 1 aliphatic carbocycles. The number of hydrogen-bond acceptors (Lipinski definition) is 3. The van der Waals surface area contributed by atoms with Crippen molar-refractivity contribution in [2.75, 3.05) is 23.8 Å². The first-order chi connectivity index (χ1) is 9.81. The molecule has 0 spiro atoms. The molecule has 0 bridgehead atoms. The van der Waals surface area contributed by atoms with Crippen molar-refractivity contribution in [2.45, 2.75) is 51.5 Å². The van der Waals surface area contributed by atoms with Crippen molar-refractivity contribution in [1.82, 2.24) is 0 Å². The number of nitrogen functional groups attached to an aromatic ring is 1. The molecule has 1 aromatic carbocycles. The summed E-state index contributed by atoms with van der Waals surface area (Å²) in [5, 5.41) is 0. The molecule has 1 aromatic rings. The molecular formula is C17H26N2O. The second-order valence-electron chi connectivity index (χ2n) is 6.07. The molecule has 20 heavy (non-hydrogen) atoms. The molecule has 3 nitrogen and oxygen atoms in total. The summed E-state index contributed by atoms with van der Waals surface area (Å²) in [6, 6.07) is 6.90. The molecule has 0 amide bonds. The maximum absolute atomic E-state index is 6.36. The van der Waals surface area contributed by atoms with Crippen molar-refractivity contribution in [3.63, 3.8) is 0 Å². The largest absolute Gasteiger partial charge is 0.492 e. The van der Waals surface area contributed by atoms with Gasteiger partial charge in [-0.3, -0.25) is 0 Å². The predicted molar refractivity (Wildman–Crippen MR) is 84.3 cm³/mol. The minimum atomic E-state index is 0.666. The molecule has 2 fully saturated rings. The number of nitrogens with two attached hydrogens (primary N) is 1. The number of piperidine rings is 1. The zero-order valence-electron chi connectivity index (χ0n) is 12.5. The minimum Gasteiger partial charge on any atom is -0.492 e. The molecular weight excluding hydrogens is 248 g/mol. The fourth-order valence-corrected chi connectivity index (χ4v) is 3.99. The van der Waals surface area contributed by atoms with Crippen LogP contribution in [0.5, 0.6) is 5.75 Å². The van der Waals surface area contributed by atoms with Gasteiger partial charge in [-0.05, 0) is 50.7 Å². The third-order valence-corrected chi connectivity index (χ3v) is 4.90. The first-order valence-electron chi connectivity index (χ1n) is 8.09. The lowest BCUT2D eigenvalue weighted by molar-refractivity contribution is 0.244. The lowest BCUT2D eigenvalue weighted by Gasteiger charge is -2.45. The van der Waals surface area contributed by atoms with Crippen molar-refractivity contribution in [3.05, 3.63) is 18.2 Å². The third kappa shape index (κ3) is 2.46. The van der Waals surface area contributed by atoms with Gasteiger partial charge in [-0.15, -0.1) is 0 Å². The van der Waals surface area contributed by atoms with Gasteiger partial charge < -0.3 is 15.4 Å². The van der Waals surface area contributed by atoms with Gasteiger partial charge in [-0.2, -0.15) is 0 Å². The maximum atomic E-state index is 6.36. The molecule has 2 aliphatic rings. The van der Waals surface area contributed by atoms with Crippen LogP contribution in [-0.2, 0) is 0 Å². The van der Waals surface area contributed by atoms with Gasteiger partial charge in [-0.1, -0.05) is 18.9 Å². The summed E-state index contributed by atoms with van der Waals surface area (Å²) in [5.41, 5.74) is 8.36. The van der Waals surface area contributed by atoms with Gasteiger partial charge in [0.15, 0.2) is 0 Å². The third-order valence-electron chi connectivity index (χ3n) is 4.90. The summed E-state index contributed by atoms with van der Waals surface area (Å²) < 4.78 is 5.65. The van der Waals surface area contributed by atoms with Crippen LogP contribution in [0, 0.1) is 5.92 Å². The molecule has 2 N–H and O–H groups in total. The van der Waals surface area contributed by atoms with Gasteiger partial charge >= 0.3 is 0 Å². The summed E-state index contributed by atoms with van der Waals surface area (Å²) in [5.74, 6) is 1.70. The van der Waals surface area contributed by atoms with E-state index < -0.39 is 0 Å². The Kier molecular flexibility index (Phi) is 4.04. The lowest BCUT2D eigenvalue weighted by Crippen LogP contribution is -2.47. The normalized spacial score (nSPS) is 26.1. The Bertz CT molecular complexity index is 458. The number of rotatable bonds is 3. The topological polar surface area (TPSA) is 38.5 Å². The number of ether oxygens (including phenoxy) is 1. The smallest absolute Gasteiger partial charge is 0.144 e. The summed E-state index contributed by atoms with van der Waals surface area (Å²) >= 11 is 0. The molecule has 1 heterocycles. The van der Waals surface area contributed by atoms with Gasteiger partial charge in [0.05, 0.1) is 18.0 Å². The van der Waals surface area contributed by atoms with E-state index >= 15 is 0 Å². The highest BCUT2D eigenvalue weighted by Crippen LogP contribution is 2.41. The van der Waals surface area contributed by atoms with E-state index in [0.29, 0.717) is 12.6 Å². The first kappa shape index (κ1) is 13.6. The Hall–Kier alpha value is -1.38. The van der Waals surface area contributed by atoms with Crippen LogP contribution in [0.1, 0.15) is 45.4 Å². The zero-order valence-corrected chi connectivity index (χ0v) is 12.5. The van der Waals surface area contributed by atoms with Gasteiger partial charge in [0.25, 0.3) is 0 Å². The van der Waals surface area contributed by atoms with Gasteiger partial charge in [0.2, 0.25) is 0 Å². The van der Waals surface area contributed by atoms with Crippen LogP contribution >= 0.6 is 0 Å². The fraction of sp³-hybridized carbons (Fsp3) is 0.647. The fourth-order valence-electron chi connectivity index (χ4n) is 3.99. The molecule has 3 heteroatoms. The second-order valence-corrected chi connectivity index (χ2v) is 6.07. The number of benzene rings is 1. The summed E-state index contributed by atoms with van der Waals surface area (Å²) in [7, 11) is 0. The molecule has 1 saturated heterocycles. The molecule has 0 aromatic heterocycles. The quantitative estimate of drug-likeness (QED) is 0.851. The molecule has 2 atom stereocenters. The van der Waals surface area contributed by atoms with E-state index in [2.05, 4.69) is 17.0 Å². The van der Waals surface area contributed by atoms with Crippen molar-refractivity contribution in [3.8, 4) is 5.75 Å². The highest BCUT2D eigenvalue weighted by Gasteiger charge is 2.34. The Morgan fingerprint density at radius 1 is 1.20 bits per heavy atom. The van der Waals surface area contributed by atoms with Crippen LogP contribution in [0.2, 0.25) is 0 Å². The minimum absolute atomic E-state index is 0.666. The van der Waals surface area contributed by atoms with Gasteiger partial charge in [0.1, 0.15) is 5.75 Å². The van der Waals surface area contributed by atoms with E-state index in [0.717, 1.165) is 23.9 Å². The Morgan fingerprint density at radius 2 is 2.00 bits per heavy atom. The number of nitrogens with zero attached hydrogens (tertiary/aromatic N) is 1. The first-order valence-corrected chi connectivity index (χ1v) is 8.09. The summed E-state index contributed by atoms with van der Waals surface area (Å²) in [4.78, 5) is 2.56. The van der Waals surface area contributed by atoms with Crippen molar-refractivity contribution in [2.24, 2.45) is 5.92 Å². The van der Waals surface area contributed by atoms with E-state index in [1.165, 1.54) is 44.2 Å². The standard InChI is InChI=1S/C17H26N2O/c1-2-20-16-11-5-10-15(17(16)18)19-12-6-8-13-7-3-4-9-14(13)19/h5,10-11,13-14H,2-4,6-9,12,18H2,1H3/t13-,14-/m1/s1. The van der Waals surface area contributed by atoms with Crippen LogP contribution in [-0.4, -0.2) is 19.2 Å². The van der Waals surface area contributed by atoms with Gasteiger partial charge in [-0.25, -0.2) is 0 Å². The molecule has 1 aliphatic heterocycles. The number of fused-ring (bicyclic) bond motifs is 1. The summed E-state index contributed by atoms with van der Waals surface area (Å²) in [6.07, 6.45) is 8.17. The lowest BCUT2D eigenvalue weighted by atomic mass is 9.78. The van der Waals surface area contributed by atoms with Crippen LogP contribution in [0.15, 0.2) is 18.2 Å². The zero-order chi connectivity index (χ0) is 13.9. The van der Waals surface area contributed by atoms with Crippen molar-refractivity contribution >= 4 is 11.4 Å². The van der Waals surface area contributed by atoms with Crippen LogP contribution in [0.4, 0.5) is 11.4 Å². The van der Waals surface area contributed by atoms with E-state index in [9.17, 15) is 0 Å². The van der Waals surface area contributed by atoms with Crippen LogP contribution in [0.3, 0.4) is 0 Å². The van der Waals surface area contributed by atoms with Gasteiger partial charge in [0, 0.05) is 12.6 Å². The van der Waals surface area contributed by atoms with Crippen molar-refractivity contribution in [1.29, 1.82) is 0 Å². The molecule has 110 valence electrons. The highest BCUT2D eigenvalue weighted by atomic mass is 16.5. The second kappa shape index (κ2) is 5.94. The average Bonchev–Trinajstić information content (AvgIpc) is 2.49. The van der Waals surface area contributed by atoms with E-state index in [1.807, 2.05) is 13.0 Å². The highest BCUT2D eigenvalue weighted by molar-refractivity contribution is 5.74. The Morgan fingerprint density at radius 3 is 2.85 bits per heavy atom. The SMILES string of the molecule is CCOc1cccc(N2CCC[C@H]3CCCC[C@H]32)c1N. The van der Waals surface area contributed by atoms with Crippen molar-refractivity contribution < 1.29 is 4.74 Å². The Labute approximate surface area is 122 Å². The van der Waals surface area contributed by atoms with E-state index in [-0.39, 0.29) is 0 Å². The number of anilines is 2. The molecule has 1 saturated carbocycles. The number of hydrogen-bond donors (Lipinski definition) is 1. The molecule has 0 radical (unpaired) electrons. The van der Waals surface area contributed by atoms with E-state index in [4.69, 9.17) is 10.5 Å².